The first kappa shape index (κ1) is 22.6. The van der Waals surface area contributed by atoms with Crippen molar-refractivity contribution in [2.45, 2.75) is 38.0 Å². The van der Waals surface area contributed by atoms with Gasteiger partial charge in [0.15, 0.2) is 0 Å². The van der Waals surface area contributed by atoms with Gasteiger partial charge in [0.05, 0.1) is 21.8 Å². The monoisotopic (exact) mass is 498 g/mol. The first-order valence-electron chi connectivity index (χ1n) is 10.0. The predicted octanol–water partition coefficient (Wildman–Crippen LogP) is 4.06. The number of rotatable bonds is 6. The van der Waals surface area contributed by atoms with Crippen molar-refractivity contribution in [3.05, 3.63) is 55.4 Å². The van der Waals surface area contributed by atoms with Crippen LogP contribution < -0.4 is 0 Å². The van der Waals surface area contributed by atoms with Crippen LogP contribution in [0.15, 0.2) is 29.1 Å². The van der Waals surface area contributed by atoms with Crippen LogP contribution in [0.2, 0.25) is 4.34 Å². The summed E-state index contributed by atoms with van der Waals surface area (Å²) >= 11 is 8.96. The molecule has 11 heteroatoms. The lowest BCUT2D eigenvalue weighted by Crippen LogP contribution is -2.30. The molecule has 3 aromatic rings. The van der Waals surface area contributed by atoms with Gasteiger partial charge in [-0.15, -0.1) is 22.7 Å². The molecule has 0 aromatic carbocycles. The van der Waals surface area contributed by atoms with Crippen LogP contribution in [-0.2, 0) is 22.9 Å². The van der Waals surface area contributed by atoms with Crippen molar-refractivity contribution in [1.29, 1.82) is 0 Å². The van der Waals surface area contributed by atoms with Crippen molar-refractivity contribution in [2.24, 2.45) is 0 Å². The summed E-state index contributed by atoms with van der Waals surface area (Å²) in [5.41, 5.74) is 3.69. The van der Waals surface area contributed by atoms with Gasteiger partial charge in [-0.3, -0.25) is 4.79 Å². The number of nitrogens with zero attached hydrogens (tertiary/aromatic N) is 4. The third-order valence-corrected chi connectivity index (χ3v) is 8.66. The van der Waals surface area contributed by atoms with Gasteiger partial charge in [-0.2, -0.15) is 9.78 Å². The molecule has 0 spiro atoms. The number of carbonyl (C=O) groups is 1. The zero-order valence-corrected chi connectivity index (χ0v) is 20.2. The highest BCUT2D eigenvalue weighted by Gasteiger charge is 2.27. The van der Waals surface area contributed by atoms with Crippen LogP contribution in [0.4, 0.5) is 0 Å². The Morgan fingerprint density at radius 1 is 1.26 bits per heavy atom. The summed E-state index contributed by atoms with van der Waals surface area (Å²) in [6.07, 6.45) is 4.97. The molecule has 0 aliphatic carbocycles. The van der Waals surface area contributed by atoms with Crippen LogP contribution >= 0.6 is 34.3 Å². The molecule has 166 valence electrons. The largest absolute Gasteiger partial charge is 0.297 e. The molecule has 1 atom stereocenters. The lowest BCUT2D eigenvalue weighted by molar-refractivity contribution is 0.0936. The number of hydrogen-bond acceptors (Lipinski definition) is 7. The number of sulfonamides is 1. The smallest absolute Gasteiger partial charge is 0.265 e. The van der Waals surface area contributed by atoms with Crippen LogP contribution in [0.5, 0.6) is 0 Å². The minimum absolute atomic E-state index is 0.117. The van der Waals surface area contributed by atoms with Crippen molar-refractivity contribution in [3.8, 4) is 0 Å². The zero-order chi connectivity index (χ0) is 22.0. The van der Waals surface area contributed by atoms with E-state index < -0.39 is 10.0 Å². The highest BCUT2D eigenvalue weighted by atomic mass is 35.5. The van der Waals surface area contributed by atoms with E-state index in [0.717, 1.165) is 39.9 Å². The van der Waals surface area contributed by atoms with E-state index in [2.05, 4.69) is 10.1 Å². The molecule has 3 aromatic heterocycles. The average Bonchev–Trinajstić information content (AvgIpc) is 3.44. The number of halogens is 1. The number of thiazole rings is 1. The van der Waals surface area contributed by atoms with Crippen LogP contribution in [0.25, 0.3) is 0 Å². The van der Waals surface area contributed by atoms with Gasteiger partial charge in [0.2, 0.25) is 10.0 Å². The van der Waals surface area contributed by atoms with Gasteiger partial charge >= 0.3 is 0 Å². The molecule has 1 aliphatic rings. The van der Waals surface area contributed by atoms with Crippen molar-refractivity contribution in [1.82, 2.24) is 19.1 Å². The summed E-state index contributed by atoms with van der Waals surface area (Å²) in [6, 6.07) is 5.88. The SMILES string of the molecule is CS(=O)(=O)N1CCCC(c2cc(CCc3ccc(Cl)s3)n(C(=O)c3cscn3)n2)CC1. The summed E-state index contributed by atoms with van der Waals surface area (Å²) in [5.74, 6) is -0.121. The molecule has 1 unspecified atom stereocenters. The van der Waals surface area contributed by atoms with Gasteiger partial charge in [0.1, 0.15) is 5.69 Å². The Morgan fingerprint density at radius 3 is 2.77 bits per heavy atom. The minimum Gasteiger partial charge on any atom is -0.265 e. The van der Waals surface area contributed by atoms with Crippen LogP contribution in [0, 0.1) is 0 Å². The van der Waals surface area contributed by atoms with Gasteiger partial charge in [0, 0.05) is 35.0 Å². The van der Waals surface area contributed by atoms with E-state index in [1.807, 2.05) is 18.2 Å². The van der Waals surface area contributed by atoms with Gasteiger partial charge < -0.3 is 0 Å². The predicted molar refractivity (Wildman–Crippen MR) is 124 cm³/mol. The van der Waals surface area contributed by atoms with E-state index in [1.54, 1.807) is 10.9 Å². The summed E-state index contributed by atoms with van der Waals surface area (Å²) in [5, 5.41) is 6.40. The molecule has 0 bridgehead atoms. The molecule has 31 heavy (non-hydrogen) atoms. The fourth-order valence-corrected chi connectivity index (χ4v) is 6.37. The molecule has 1 saturated heterocycles. The van der Waals surface area contributed by atoms with Gasteiger partial charge in [-0.05, 0) is 50.3 Å². The highest BCUT2D eigenvalue weighted by Crippen LogP contribution is 2.30. The first-order chi connectivity index (χ1) is 14.8. The molecule has 4 heterocycles. The second kappa shape index (κ2) is 9.50. The summed E-state index contributed by atoms with van der Waals surface area (Å²) in [7, 11) is -3.20. The third kappa shape index (κ3) is 5.43. The molecule has 0 amide bonds. The van der Waals surface area contributed by atoms with Crippen LogP contribution in [0.1, 0.15) is 51.9 Å². The van der Waals surface area contributed by atoms with E-state index in [9.17, 15) is 13.2 Å². The summed E-state index contributed by atoms with van der Waals surface area (Å²) in [4.78, 5) is 18.3. The number of hydrogen-bond donors (Lipinski definition) is 0. The maximum absolute atomic E-state index is 13.0. The Bertz CT molecular complexity index is 1150. The lowest BCUT2D eigenvalue weighted by atomic mass is 9.96. The molecular weight excluding hydrogens is 476 g/mol. The molecule has 4 rings (SSSR count). The first-order valence-corrected chi connectivity index (χ1v) is 14.0. The molecular formula is C20H23ClN4O3S3. The van der Waals surface area contributed by atoms with E-state index in [0.29, 0.717) is 31.6 Å². The Kier molecular flexibility index (Phi) is 6.92. The maximum Gasteiger partial charge on any atom is 0.297 e. The second-order valence-corrected chi connectivity index (χ2v) is 12.1. The molecule has 7 nitrogen and oxygen atoms in total. The lowest BCUT2D eigenvalue weighted by Gasteiger charge is -2.16. The highest BCUT2D eigenvalue weighted by molar-refractivity contribution is 7.88. The Morgan fingerprint density at radius 2 is 2.10 bits per heavy atom. The summed E-state index contributed by atoms with van der Waals surface area (Å²) in [6.45, 7) is 0.999. The number of thiophene rings is 1. The zero-order valence-electron chi connectivity index (χ0n) is 17.0. The quantitative estimate of drug-likeness (QED) is 0.511. The molecule has 0 saturated carbocycles. The molecule has 0 N–H and O–H groups in total. The standard InChI is InChI=1S/C20H23ClN4O3S3/c1-31(27,28)24-9-2-3-14(8-10-24)17-11-15(4-5-16-6-7-19(21)30-16)25(23-17)20(26)18-12-29-13-22-18/h6-7,11-14H,2-5,8-10H2,1H3. The molecule has 1 aliphatic heterocycles. The molecule has 0 radical (unpaired) electrons. The Hall–Kier alpha value is -1.59. The average molecular weight is 499 g/mol. The summed E-state index contributed by atoms with van der Waals surface area (Å²) < 4.78 is 27.6. The maximum atomic E-state index is 13.0. The van der Waals surface area contributed by atoms with E-state index in [1.165, 1.54) is 37.9 Å². The normalized spacial score (nSPS) is 18.2. The minimum atomic E-state index is -3.20. The number of aryl methyl sites for hydroxylation is 2. The molecule has 1 fully saturated rings. The van der Waals surface area contributed by atoms with Gasteiger partial charge in [-0.1, -0.05) is 11.6 Å². The topological polar surface area (TPSA) is 85.2 Å². The Balaban J connectivity index is 1.58. The van der Waals surface area contributed by atoms with E-state index >= 15 is 0 Å². The van der Waals surface area contributed by atoms with Gasteiger partial charge in [-0.25, -0.2) is 17.7 Å². The van der Waals surface area contributed by atoms with Crippen molar-refractivity contribution < 1.29 is 13.2 Å². The van der Waals surface area contributed by atoms with Crippen LogP contribution in [0.3, 0.4) is 0 Å². The second-order valence-electron chi connectivity index (χ2n) is 7.65. The van der Waals surface area contributed by atoms with Crippen molar-refractivity contribution >= 4 is 50.2 Å². The van der Waals surface area contributed by atoms with E-state index in [-0.39, 0.29) is 11.8 Å². The van der Waals surface area contributed by atoms with Crippen molar-refractivity contribution in [3.63, 3.8) is 0 Å². The van der Waals surface area contributed by atoms with E-state index in [4.69, 9.17) is 11.6 Å². The fourth-order valence-electron chi connectivity index (χ4n) is 3.86. The number of aromatic nitrogens is 3. The third-order valence-electron chi connectivity index (χ3n) is 5.48. The Labute approximate surface area is 194 Å². The van der Waals surface area contributed by atoms with Crippen molar-refractivity contribution in [2.75, 3.05) is 19.3 Å². The van der Waals surface area contributed by atoms with Gasteiger partial charge in [0.25, 0.3) is 5.91 Å². The van der Waals surface area contributed by atoms with Crippen LogP contribution in [-0.4, -0.2) is 52.7 Å². The fraction of sp³-hybridized carbons (Fsp3) is 0.450. The number of carbonyl (C=O) groups excluding carboxylic acids is 1.